The highest BCUT2D eigenvalue weighted by Gasteiger charge is 2.08. The van der Waals surface area contributed by atoms with E-state index in [-0.39, 0.29) is 5.56 Å². The zero-order chi connectivity index (χ0) is 13.4. The van der Waals surface area contributed by atoms with E-state index in [4.69, 9.17) is 19.3 Å². The maximum Gasteiger partial charge on any atom is 0.335 e. The van der Waals surface area contributed by atoms with Crippen LogP contribution in [0.4, 0.5) is 0 Å². The maximum absolute atomic E-state index is 10.9. The summed E-state index contributed by atoms with van der Waals surface area (Å²) in [5, 5.41) is 8.92. The van der Waals surface area contributed by atoms with E-state index >= 15 is 0 Å². The molecule has 0 aliphatic heterocycles. The maximum atomic E-state index is 10.9. The third-order valence-corrected chi connectivity index (χ3v) is 2.42. The van der Waals surface area contributed by atoms with E-state index < -0.39 is 5.97 Å². The van der Waals surface area contributed by atoms with Crippen LogP contribution in [-0.4, -0.2) is 38.5 Å². The number of carboxylic acid groups (broad SMARTS) is 1. The summed E-state index contributed by atoms with van der Waals surface area (Å²) >= 11 is 0. The van der Waals surface area contributed by atoms with Crippen molar-refractivity contribution >= 4 is 5.97 Å². The van der Waals surface area contributed by atoms with Gasteiger partial charge in [-0.3, -0.25) is 0 Å². The van der Waals surface area contributed by atoms with Crippen molar-refractivity contribution in [2.24, 2.45) is 0 Å². The van der Waals surface area contributed by atoms with Crippen molar-refractivity contribution in [1.29, 1.82) is 0 Å². The predicted octanol–water partition coefficient (Wildman–Crippen LogP) is 1.95. The lowest BCUT2D eigenvalue weighted by atomic mass is 10.1. The Morgan fingerprint density at radius 3 is 2.67 bits per heavy atom. The van der Waals surface area contributed by atoms with Gasteiger partial charge in [0.25, 0.3) is 0 Å². The van der Waals surface area contributed by atoms with Crippen molar-refractivity contribution in [2.75, 3.05) is 27.4 Å². The molecule has 18 heavy (non-hydrogen) atoms. The molecule has 0 saturated heterocycles. The topological polar surface area (TPSA) is 65.0 Å². The van der Waals surface area contributed by atoms with Gasteiger partial charge in [-0.1, -0.05) is 0 Å². The summed E-state index contributed by atoms with van der Waals surface area (Å²) in [6.45, 7) is 1.54. The van der Waals surface area contributed by atoms with Crippen molar-refractivity contribution in [3.8, 4) is 5.75 Å². The standard InChI is InChI=1S/C13H18O5/c1-16-6-3-7-18-9-11-8-10(13(14)15)4-5-12(11)17-2/h4-5,8H,3,6-7,9H2,1-2H3,(H,14,15). The van der Waals surface area contributed by atoms with Crippen molar-refractivity contribution in [3.05, 3.63) is 29.3 Å². The quantitative estimate of drug-likeness (QED) is 0.718. The van der Waals surface area contributed by atoms with Crippen LogP contribution in [0.3, 0.4) is 0 Å². The van der Waals surface area contributed by atoms with Gasteiger partial charge < -0.3 is 19.3 Å². The molecule has 0 atom stereocenters. The summed E-state index contributed by atoms with van der Waals surface area (Å²) < 4.78 is 15.5. The molecule has 0 bridgehead atoms. The highest BCUT2D eigenvalue weighted by molar-refractivity contribution is 5.88. The fourth-order valence-corrected chi connectivity index (χ4v) is 1.51. The Labute approximate surface area is 106 Å². The molecule has 0 heterocycles. The van der Waals surface area contributed by atoms with Crippen molar-refractivity contribution in [3.63, 3.8) is 0 Å². The van der Waals surface area contributed by atoms with Crippen LogP contribution < -0.4 is 4.74 Å². The Kier molecular flexibility index (Phi) is 6.18. The van der Waals surface area contributed by atoms with Crippen LogP contribution in [0.25, 0.3) is 0 Å². The zero-order valence-electron chi connectivity index (χ0n) is 10.6. The van der Waals surface area contributed by atoms with Crippen molar-refractivity contribution in [1.82, 2.24) is 0 Å². The number of ether oxygens (including phenoxy) is 3. The first-order chi connectivity index (χ1) is 8.69. The SMILES string of the molecule is COCCCOCc1cc(C(=O)O)ccc1OC. The molecule has 1 N–H and O–H groups in total. The highest BCUT2D eigenvalue weighted by Crippen LogP contribution is 2.20. The van der Waals surface area contributed by atoms with E-state index in [9.17, 15) is 4.79 Å². The van der Waals surface area contributed by atoms with Gasteiger partial charge in [0, 0.05) is 25.9 Å². The predicted molar refractivity (Wildman–Crippen MR) is 66.1 cm³/mol. The summed E-state index contributed by atoms with van der Waals surface area (Å²) in [5.74, 6) is -0.329. The Hall–Kier alpha value is -1.59. The molecule has 0 unspecified atom stereocenters. The minimum atomic E-state index is -0.960. The van der Waals surface area contributed by atoms with Crippen LogP contribution in [-0.2, 0) is 16.1 Å². The second kappa shape index (κ2) is 7.68. The summed E-state index contributed by atoms with van der Waals surface area (Å²) in [5.41, 5.74) is 0.959. The summed E-state index contributed by atoms with van der Waals surface area (Å²) in [4.78, 5) is 10.9. The fourth-order valence-electron chi connectivity index (χ4n) is 1.51. The number of rotatable bonds is 8. The first kappa shape index (κ1) is 14.5. The smallest absolute Gasteiger partial charge is 0.335 e. The molecule has 0 aromatic heterocycles. The lowest BCUT2D eigenvalue weighted by Gasteiger charge is -2.10. The first-order valence-corrected chi connectivity index (χ1v) is 5.66. The number of methoxy groups -OCH3 is 2. The van der Waals surface area contributed by atoms with Crippen LogP contribution in [0.2, 0.25) is 0 Å². The van der Waals surface area contributed by atoms with Gasteiger partial charge >= 0.3 is 5.97 Å². The average Bonchev–Trinajstić information content (AvgIpc) is 2.38. The van der Waals surface area contributed by atoms with Crippen molar-refractivity contribution < 1.29 is 24.1 Å². The van der Waals surface area contributed by atoms with Gasteiger partial charge in [-0.05, 0) is 24.6 Å². The van der Waals surface area contributed by atoms with Crippen LogP contribution in [0.15, 0.2) is 18.2 Å². The Morgan fingerprint density at radius 2 is 2.06 bits per heavy atom. The first-order valence-electron chi connectivity index (χ1n) is 5.66. The van der Waals surface area contributed by atoms with E-state index in [2.05, 4.69) is 0 Å². The highest BCUT2D eigenvalue weighted by atomic mass is 16.5. The molecule has 5 nitrogen and oxygen atoms in total. The molecule has 1 aromatic rings. The lowest BCUT2D eigenvalue weighted by molar-refractivity contribution is 0.0696. The van der Waals surface area contributed by atoms with Crippen LogP contribution in [0.1, 0.15) is 22.3 Å². The molecular formula is C13H18O5. The summed E-state index contributed by atoms with van der Waals surface area (Å²) in [6.07, 6.45) is 0.803. The van der Waals surface area contributed by atoms with E-state index in [0.29, 0.717) is 25.6 Å². The van der Waals surface area contributed by atoms with E-state index in [0.717, 1.165) is 12.0 Å². The summed E-state index contributed by atoms with van der Waals surface area (Å²) in [6, 6.07) is 4.71. The molecule has 0 fully saturated rings. The minimum absolute atomic E-state index is 0.228. The Balaban J connectivity index is 2.61. The molecule has 0 aliphatic carbocycles. The molecule has 5 heteroatoms. The molecule has 0 amide bonds. The molecule has 100 valence electrons. The second-order valence-corrected chi connectivity index (χ2v) is 3.73. The fraction of sp³-hybridized carbons (Fsp3) is 0.462. The Morgan fingerprint density at radius 1 is 1.28 bits per heavy atom. The number of hydrogen-bond acceptors (Lipinski definition) is 4. The number of carbonyl (C=O) groups is 1. The third-order valence-electron chi connectivity index (χ3n) is 2.42. The van der Waals surface area contributed by atoms with E-state index in [1.807, 2.05) is 0 Å². The number of carboxylic acids is 1. The molecule has 0 saturated carbocycles. The molecule has 0 radical (unpaired) electrons. The molecular weight excluding hydrogens is 236 g/mol. The van der Waals surface area contributed by atoms with Gasteiger partial charge in [-0.2, -0.15) is 0 Å². The second-order valence-electron chi connectivity index (χ2n) is 3.73. The van der Waals surface area contributed by atoms with Gasteiger partial charge in [0.2, 0.25) is 0 Å². The molecule has 0 aliphatic rings. The lowest BCUT2D eigenvalue weighted by Crippen LogP contribution is -2.03. The minimum Gasteiger partial charge on any atom is -0.496 e. The molecule has 1 rings (SSSR count). The van der Waals surface area contributed by atoms with Crippen molar-refractivity contribution in [2.45, 2.75) is 13.0 Å². The zero-order valence-corrected chi connectivity index (χ0v) is 10.6. The van der Waals surface area contributed by atoms with Crippen LogP contribution in [0.5, 0.6) is 5.75 Å². The van der Waals surface area contributed by atoms with Gasteiger partial charge in [-0.15, -0.1) is 0 Å². The average molecular weight is 254 g/mol. The monoisotopic (exact) mass is 254 g/mol. The van der Waals surface area contributed by atoms with E-state index in [1.54, 1.807) is 26.4 Å². The van der Waals surface area contributed by atoms with Gasteiger partial charge in [0.05, 0.1) is 19.3 Å². The molecule has 1 aromatic carbocycles. The number of aromatic carboxylic acids is 1. The van der Waals surface area contributed by atoms with Crippen LogP contribution in [0, 0.1) is 0 Å². The summed E-state index contributed by atoms with van der Waals surface area (Å²) in [7, 11) is 3.18. The van der Waals surface area contributed by atoms with Gasteiger partial charge in [0.15, 0.2) is 0 Å². The third kappa shape index (κ3) is 4.35. The largest absolute Gasteiger partial charge is 0.496 e. The molecule has 0 spiro atoms. The normalized spacial score (nSPS) is 10.3. The number of hydrogen-bond donors (Lipinski definition) is 1. The Bertz CT molecular complexity index is 389. The van der Waals surface area contributed by atoms with Gasteiger partial charge in [0.1, 0.15) is 5.75 Å². The number of benzene rings is 1. The van der Waals surface area contributed by atoms with Gasteiger partial charge in [-0.25, -0.2) is 4.79 Å². The van der Waals surface area contributed by atoms with Crippen LogP contribution >= 0.6 is 0 Å². The van der Waals surface area contributed by atoms with E-state index in [1.165, 1.54) is 6.07 Å².